The van der Waals surface area contributed by atoms with E-state index in [-0.39, 0.29) is 11.3 Å². The van der Waals surface area contributed by atoms with E-state index in [1.165, 1.54) is 18.2 Å². The SMILES string of the molecule is CC#Cc1ccccc1OC(F)(F)F. The molecule has 14 heavy (non-hydrogen) atoms. The van der Waals surface area contributed by atoms with Gasteiger partial charge in [-0.05, 0) is 19.1 Å². The van der Waals surface area contributed by atoms with Crippen LogP contribution in [0.25, 0.3) is 0 Å². The maximum atomic E-state index is 11.9. The highest BCUT2D eigenvalue weighted by Crippen LogP contribution is 2.25. The molecule has 0 aromatic heterocycles. The van der Waals surface area contributed by atoms with Gasteiger partial charge < -0.3 is 4.74 Å². The van der Waals surface area contributed by atoms with Crippen molar-refractivity contribution in [1.29, 1.82) is 0 Å². The molecule has 0 spiro atoms. The molecule has 1 aromatic rings. The van der Waals surface area contributed by atoms with Crippen molar-refractivity contribution in [3.05, 3.63) is 29.8 Å². The van der Waals surface area contributed by atoms with Crippen LogP contribution < -0.4 is 4.74 Å². The first-order valence-corrected chi connectivity index (χ1v) is 3.80. The van der Waals surface area contributed by atoms with Gasteiger partial charge in [0.1, 0.15) is 5.75 Å². The molecule has 0 aliphatic carbocycles. The van der Waals surface area contributed by atoms with Crippen LogP contribution in [0.4, 0.5) is 13.2 Å². The molecule has 0 bridgehead atoms. The maximum absolute atomic E-state index is 11.9. The van der Waals surface area contributed by atoms with Crippen LogP contribution in [0, 0.1) is 11.8 Å². The first-order chi connectivity index (χ1) is 6.53. The van der Waals surface area contributed by atoms with Crippen LogP contribution in [0.5, 0.6) is 5.75 Å². The first kappa shape index (κ1) is 10.5. The average Bonchev–Trinajstić information content (AvgIpc) is 2.06. The number of hydrogen-bond donors (Lipinski definition) is 0. The Morgan fingerprint density at radius 3 is 2.43 bits per heavy atom. The molecular formula is C10H7F3O. The third-order valence-corrected chi connectivity index (χ3v) is 1.37. The minimum Gasteiger partial charge on any atom is -0.404 e. The van der Waals surface area contributed by atoms with E-state index in [1.807, 2.05) is 0 Å². The lowest BCUT2D eigenvalue weighted by Crippen LogP contribution is -2.17. The Hall–Kier alpha value is -1.63. The zero-order chi connectivity index (χ0) is 10.6. The van der Waals surface area contributed by atoms with Gasteiger partial charge in [0.2, 0.25) is 0 Å². The van der Waals surface area contributed by atoms with E-state index in [9.17, 15) is 13.2 Å². The molecule has 1 aromatic carbocycles. The summed E-state index contributed by atoms with van der Waals surface area (Å²) in [6, 6.07) is 5.76. The van der Waals surface area contributed by atoms with Gasteiger partial charge in [0, 0.05) is 0 Å². The second-order valence-corrected chi connectivity index (χ2v) is 2.42. The van der Waals surface area contributed by atoms with E-state index in [0.29, 0.717) is 0 Å². The Morgan fingerprint density at radius 2 is 1.86 bits per heavy atom. The zero-order valence-corrected chi connectivity index (χ0v) is 7.35. The number of benzene rings is 1. The molecular weight excluding hydrogens is 193 g/mol. The van der Waals surface area contributed by atoms with Crippen LogP contribution >= 0.6 is 0 Å². The summed E-state index contributed by atoms with van der Waals surface area (Å²) in [5.41, 5.74) is 0.229. The van der Waals surface area contributed by atoms with Crippen LogP contribution in [0.3, 0.4) is 0 Å². The van der Waals surface area contributed by atoms with Crippen LogP contribution in [0.2, 0.25) is 0 Å². The summed E-state index contributed by atoms with van der Waals surface area (Å²) in [4.78, 5) is 0. The van der Waals surface area contributed by atoms with Crippen molar-refractivity contribution >= 4 is 0 Å². The van der Waals surface area contributed by atoms with E-state index >= 15 is 0 Å². The molecule has 0 amide bonds. The van der Waals surface area contributed by atoms with Crippen LogP contribution in [0.1, 0.15) is 12.5 Å². The first-order valence-electron chi connectivity index (χ1n) is 3.80. The Kier molecular flexibility index (Phi) is 3.03. The van der Waals surface area contributed by atoms with Gasteiger partial charge in [-0.1, -0.05) is 18.1 Å². The standard InChI is InChI=1S/C10H7F3O/c1-2-5-8-6-3-4-7-9(8)14-10(11,12)13/h3-4,6-7H,1H3. The fourth-order valence-corrected chi connectivity index (χ4v) is 0.918. The van der Waals surface area contributed by atoms with E-state index in [4.69, 9.17) is 0 Å². The summed E-state index contributed by atoms with van der Waals surface area (Å²) in [6.45, 7) is 1.55. The third kappa shape index (κ3) is 3.02. The van der Waals surface area contributed by atoms with E-state index in [0.717, 1.165) is 0 Å². The van der Waals surface area contributed by atoms with Crippen molar-refractivity contribution in [2.24, 2.45) is 0 Å². The predicted molar refractivity (Wildman–Crippen MR) is 45.7 cm³/mol. The average molecular weight is 200 g/mol. The van der Waals surface area contributed by atoms with Gasteiger partial charge in [-0.25, -0.2) is 0 Å². The molecule has 0 fully saturated rings. The van der Waals surface area contributed by atoms with Crippen LogP contribution in [-0.2, 0) is 0 Å². The summed E-state index contributed by atoms with van der Waals surface area (Å²) in [5, 5.41) is 0. The Bertz CT molecular complexity index is 371. The van der Waals surface area contributed by atoms with Crippen molar-refractivity contribution < 1.29 is 17.9 Å². The smallest absolute Gasteiger partial charge is 0.404 e. The molecule has 0 heterocycles. The van der Waals surface area contributed by atoms with Crippen LogP contribution in [-0.4, -0.2) is 6.36 Å². The van der Waals surface area contributed by atoms with Gasteiger partial charge in [0.15, 0.2) is 0 Å². The molecule has 0 atom stereocenters. The Labute approximate surface area is 79.5 Å². The Morgan fingerprint density at radius 1 is 1.21 bits per heavy atom. The minimum absolute atomic E-state index is 0.229. The quantitative estimate of drug-likeness (QED) is 0.633. The monoisotopic (exact) mass is 200 g/mol. The molecule has 1 rings (SSSR count). The second-order valence-electron chi connectivity index (χ2n) is 2.42. The molecule has 4 heteroatoms. The fourth-order valence-electron chi connectivity index (χ4n) is 0.918. The predicted octanol–water partition coefficient (Wildman–Crippen LogP) is 2.96. The highest BCUT2D eigenvalue weighted by atomic mass is 19.4. The molecule has 0 N–H and O–H groups in total. The molecule has 0 saturated heterocycles. The van der Waals surface area contributed by atoms with Crippen molar-refractivity contribution in [3.63, 3.8) is 0 Å². The van der Waals surface area contributed by atoms with Gasteiger partial charge in [0.25, 0.3) is 0 Å². The largest absolute Gasteiger partial charge is 0.573 e. The number of para-hydroxylation sites is 1. The summed E-state index contributed by atoms with van der Waals surface area (Å²) in [5.74, 6) is 4.77. The summed E-state index contributed by atoms with van der Waals surface area (Å²) in [6.07, 6.45) is -4.68. The summed E-state index contributed by atoms with van der Waals surface area (Å²) < 4.78 is 39.5. The van der Waals surface area contributed by atoms with Crippen molar-refractivity contribution in [2.45, 2.75) is 13.3 Å². The second kappa shape index (κ2) is 4.05. The van der Waals surface area contributed by atoms with Crippen molar-refractivity contribution in [2.75, 3.05) is 0 Å². The summed E-state index contributed by atoms with van der Waals surface area (Å²) in [7, 11) is 0. The van der Waals surface area contributed by atoms with E-state index < -0.39 is 6.36 Å². The lowest BCUT2D eigenvalue weighted by molar-refractivity contribution is -0.274. The topological polar surface area (TPSA) is 9.23 Å². The van der Waals surface area contributed by atoms with E-state index in [1.54, 1.807) is 13.0 Å². The Balaban J connectivity index is 3.00. The number of alkyl halides is 3. The summed E-state index contributed by atoms with van der Waals surface area (Å²) >= 11 is 0. The molecule has 0 aliphatic heterocycles. The van der Waals surface area contributed by atoms with Crippen molar-refractivity contribution in [3.8, 4) is 17.6 Å². The number of rotatable bonds is 1. The number of hydrogen-bond acceptors (Lipinski definition) is 1. The van der Waals surface area contributed by atoms with E-state index in [2.05, 4.69) is 16.6 Å². The van der Waals surface area contributed by atoms with Gasteiger partial charge in [0.05, 0.1) is 5.56 Å². The van der Waals surface area contributed by atoms with Gasteiger partial charge in [-0.2, -0.15) is 0 Å². The fraction of sp³-hybridized carbons (Fsp3) is 0.200. The highest BCUT2D eigenvalue weighted by Gasteiger charge is 2.31. The van der Waals surface area contributed by atoms with Gasteiger partial charge in [-0.15, -0.1) is 19.1 Å². The lowest BCUT2D eigenvalue weighted by Gasteiger charge is -2.09. The van der Waals surface area contributed by atoms with Gasteiger partial charge >= 0.3 is 6.36 Å². The molecule has 1 nitrogen and oxygen atoms in total. The zero-order valence-electron chi connectivity index (χ0n) is 7.35. The molecule has 0 aliphatic rings. The van der Waals surface area contributed by atoms with Crippen LogP contribution in [0.15, 0.2) is 24.3 Å². The van der Waals surface area contributed by atoms with Gasteiger partial charge in [-0.3, -0.25) is 0 Å². The normalized spacial score (nSPS) is 10.3. The molecule has 0 unspecified atom stereocenters. The minimum atomic E-state index is -4.68. The third-order valence-electron chi connectivity index (χ3n) is 1.37. The molecule has 74 valence electrons. The molecule has 0 saturated carbocycles. The number of halogens is 3. The maximum Gasteiger partial charge on any atom is 0.573 e. The molecule has 0 radical (unpaired) electrons. The lowest BCUT2D eigenvalue weighted by atomic mass is 10.2. The van der Waals surface area contributed by atoms with Crippen molar-refractivity contribution in [1.82, 2.24) is 0 Å². The highest BCUT2D eigenvalue weighted by molar-refractivity contribution is 5.45. The number of ether oxygens (including phenoxy) is 1.